The van der Waals surface area contributed by atoms with E-state index in [9.17, 15) is 10.1 Å². The lowest BCUT2D eigenvalue weighted by molar-refractivity contribution is -0.112. The van der Waals surface area contributed by atoms with E-state index in [4.69, 9.17) is 14.2 Å². The molecule has 8 nitrogen and oxygen atoms in total. The van der Waals surface area contributed by atoms with E-state index in [1.807, 2.05) is 23.1 Å². The van der Waals surface area contributed by atoms with E-state index < -0.39 is 5.91 Å². The second-order valence-corrected chi connectivity index (χ2v) is 7.34. The van der Waals surface area contributed by atoms with Gasteiger partial charge in [0.25, 0.3) is 5.91 Å². The predicted molar refractivity (Wildman–Crippen MR) is 115 cm³/mol. The molecule has 4 rings (SSSR count). The van der Waals surface area contributed by atoms with Crippen molar-refractivity contribution in [2.75, 3.05) is 45.4 Å². The second kappa shape index (κ2) is 9.41. The molecule has 2 aliphatic rings. The number of amides is 1. The van der Waals surface area contributed by atoms with Gasteiger partial charge in [-0.2, -0.15) is 5.26 Å². The van der Waals surface area contributed by atoms with E-state index >= 15 is 0 Å². The number of hydrogen-bond donors (Lipinski definition) is 1. The normalized spacial score (nSPS) is 16.0. The molecule has 160 valence electrons. The number of fused-ring (bicyclic) bond motifs is 1. The Bertz CT molecular complexity index is 1010. The van der Waals surface area contributed by atoms with Gasteiger partial charge < -0.3 is 24.4 Å². The van der Waals surface area contributed by atoms with Crippen molar-refractivity contribution >= 4 is 11.6 Å². The number of rotatable bonds is 6. The van der Waals surface area contributed by atoms with E-state index in [0.29, 0.717) is 11.4 Å². The highest BCUT2D eigenvalue weighted by Gasteiger charge is 2.19. The van der Waals surface area contributed by atoms with Crippen LogP contribution < -0.4 is 19.5 Å². The van der Waals surface area contributed by atoms with E-state index in [-0.39, 0.29) is 12.4 Å². The monoisotopic (exact) mass is 420 g/mol. The van der Waals surface area contributed by atoms with Gasteiger partial charge in [0.2, 0.25) is 6.79 Å². The number of carbonyl (C=O) groups is 1. The van der Waals surface area contributed by atoms with Crippen molar-refractivity contribution in [2.45, 2.75) is 6.54 Å². The number of piperazine rings is 1. The van der Waals surface area contributed by atoms with Crippen molar-refractivity contribution in [3.63, 3.8) is 0 Å². The van der Waals surface area contributed by atoms with Crippen molar-refractivity contribution in [1.82, 2.24) is 9.80 Å². The Morgan fingerprint density at radius 3 is 2.58 bits per heavy atom. The lowest BCUT2D eigenvalue weighted by Crippen LogP contribution is -2.43. The van der Waals surface area contributed by atoms with Gasteiger partial charge in [-0.3, -0.25) is 9.69 Å². The fourth-order valence-corrected chi connectivity index (χ4v) is 3.54. The van der Waals surface area contributed by atoms with Gasteiger partial charge in [0.1, 0.15) is 17.4 Å². The number of carbonyl (C=O) groups excluding carboxylic acids is 1. The summed E-state index contributed by atoms with van der Waals surface area (Å²) in [4.78, 5) is 16.8. The van der Waals surface area contributed by atoms with Crippen molar-refractivity contribution in [2.24, 2.45) is 0 Å². The molecule has 8 heteroatoms. The molecule has 1 amide bonds. The molecule has 2 heterocycles. The van der Waals surface area contributed by atoms with Gasteiger partial charge >= 0.3 is 0 Å². The third-order valence-electron chi connectivity index (χ3n) is 5.27. The summed E-state index contributed by atoms with van der Waals surface area (Å²) in [6.45, 7) is 4.25. The van der Waals surface area contributed by atoms with Crippen LogP contribution in [0.25, 0.3) is 0 Å². The topological polar surface area (TPSA) is 87.1 Å². The average Bonchev–Trinajstić information content (AvgIpc) is 3.27. The molecule has 0 aromatic heterocycles. The Balaban J connectivity index is 1.30. The molecule has 0 saturated carbocycles. The zero-order chi connectivity index (χ0) is 21.6. The molecule has 0 unspecified atom stereocenters. The van der Waals surface area contributed by atoms with Gasteiger partial charge in [-0.1, -0.05) is 6.07 Å². The molecule has 2 aromatic carbocycles. The Morgan fingerprint density at radius 1 is 1.13 bits per heavy atom. The van der Waals surface area contributed by atoms with Crippen LogP contribution in [0.2, 0.25) is 0 Å². The summed E-state index contributed by atoms with van der Waals surface area (Å²) in [6.07, 6.45) is 1.65. The van der Waals surface area contributed by atoms with E-state index in [1.165, 1.54) is 5.56 Å². The molecule has 31 heavy (non-hydrogen) atoms. The maximum atomic E-state index is 12.5. The smallest absolute Gasteiger partial charge is 0.267 e. The minimum absolute atomic E-state index is 0.0834. The summed E-state index contributed by atoms with van der Waals surface area (Å²) in [7, 11) is 1.58. The third kappa shape index (κ3) is 5.08. The number of anilines is 1. The Kier molecular flexibility index (Phi) is 6.24. The number of benzene rings is 2. The molecular formula is C23H24N4O4. The van der Waals surface area contributed by atoms with E-state index in [2.05, 4.69) is 16.3 Å². The van der Waals surface area contributed by atoms with Crippen LogP contribution in [0.15, 0.2) is 54.2 Å². The lowest BCUT2D eigenvalue weighted by atomic mass is 10.1. The molecule has 1 N–H and O–H groups in total. The van der Waals surface area contributed by atoms with Crippen LogP contribution in [-0.4, -0.2) is 55.8 Å². The van der Waals surface area contributed by atoms with E-state index in [0.717, 1.165) is 44.2 Å². The Labute approximate surface area is 181 Å². The summed E-state index contributed by atoms with van der Waals surface area (Å²) in [5.74, 6) is 1.86. The van der Waals surface area contributed by atoms with Crippen molar-refractivity contribution in [3.05, 3.63) is 59.8 Å². The molecule has 0 radical (unpaired) electrons. The molecule has 0 aliphatic carbocycles. The Morgan fingerprint density at radius 2 is 1.87 bits per heavy atom. The molecule has 1 fully saturated rings. The van der Waals surface area contributed by atoms with Crippen LogP contribution in [0.3, 0.4) is 0 Å². The predicted octanol–water partition coefficient (Wildman–Crippen LogP) is 2.59. The zero-order valence-electron chi connectivity index (χ0n) is 17.3. The van der Waals surface area contributed by atoms with Crippen LogP contribution >= 0.6 is 0 Å². The minimum Gasteiger partial charge on any atom is -0.497 e. The van der Waals surface area contributed by atoms with Gasteiger partial charge in [-0.25, -0.2) is 0 Å². The quantitative estimate of drug-likeness (QED) is 0.568. The van der Waals surface area contributed by atoms with Gasteiger partial charge in [0.05, 0.1) is 7.11 Å². The summed E-state index contributed by atoms with van der Waals surface area (Å²) in [5.41, 5.74) is 1.87. The fourth-order valence-electron chi connectivity index (χ4n) is 3.54. The van der Waals surface area contributed by atoms with Crippen LogP contribution in [0.1, 0.15) is 5.56 Å². The highest BCUT2D eigenvalue weighted by atomic mass is 16.7. The van der Waals surface area contributed by atoms with Crippen LogP contribution in [0.5, 0.6) is 17.2 Å². The number of nitriles is 1. The maximum absolute atomic E-state index is 12.5. The number of ether oxygens (including phenoxy) is 3. The van der Waals surface area contributed by atoms with Crippen LogP contribution in [0.4, 0.5) is 5.69 Å². The number of nitrogens with one attached hydrogen (secondary N) is 1. The summed E-state index contributed by atoms with van der Waals surface area (Å²) >= 11 is 0. The Hall–Kier alpha value is -3.70. The summed E-state index contributed by atoms with van der Waals surface area (Å²) < 4.78 is 15.9. The largest absolute Gasteiger partial charge is 0.497 e. The number of hydrogen-bond acceptors (Lipinski definition) is 7. The molecule has 2 aliphatic heterocycles. The first-order valence-corrected chi connectivity index (χ1v) is 10.1. The maximum Gasteiger partial charge on any atom is 0.267 e. The first-order chi connectivity index (χ1) is 15.1. The first-order valence-electron chi connectivity index (χ1n) is 10.1. The molecule has 1 saturated heterocycles. The summed E-state index contributed by atoms with van der Waals surface area (Å²) in [5, 5.41) is 12.2. The molecular weight excluding hydrogens is 396 g/mol. The highest BCUT2D eigenvalue weighted by molar-refractivity contribution is 6.06. The molecule has 0 atom stereocenters. The van der Waals surface area contributed by atoms with Gasteiger partial charge in [-0.15, -0.1) is 0 Å². The average molecular weight is 420 g/mol. The van der Waals surface area contributed by atoms with Crippen LogP contribution in [-0.2, 0) is 11.3 Å². The van der Waals surface area contributed by atoms with Crippen molar-refractivity contribution < 1.29 is 19.0 Å². The second-order valence-electron chi connectivity index (χ2n) is 7.34. The van der Waals surface area contributed by atoms with E-state index in [1.54, 1.807) is 37.6 Å². The lowest BCUT2D eigenvalue weighted by Gasteiger charge is -2.34. The van der Waals surface area contributed by atoms with Crippen molar-refractivity contribution in [1.29, 1.82) is 5.26 Å². The van der Waals surface area contributed by atoms with Gasteiger partial charge in [0, 0.05) is 44.6 Å². The molecule has 2 aromatic rings. The highest BCUT2D eigenvalue weighted by Crippen LogP contribution is 2.32. The van der Waals surface area contributed by atoms with Crippen molar-refractivity contribution in [3.8, 4) is 23.3 Å². The van der Waals surface area contributed by atoms with Gasteiger partial charge in [-0.05, 0) is 42.0 Å². The third-order valence-corrected chi connectivity index (χ3v) is 5.27. The zero-order valence-corrected chi connectivity index (χ0v) is 17.3. The fraction of sp³-hybridized carbons (Fsp3) is 0.304. The van der Waals surface area contributed by atoms with Gasteiger partial charge in [0.15, 0.2) is 11.5 Å². The first kappa shape index (κ1) is 20.6. The molecule has 0 spiro atoms. The SMILES string of the molecule is COc1ccc(NC(=O)/C(C#N)=C/N2CCN(Cc3ccc4c(c3)OCO4)CC2)cc1. The molecule has 0 bridgehead atoms. The van der Waals surface area contributed by atoms with Crippen LogP contribution in [0, 0.1) is 11.3 Å². The number of methoxy groups -OCH3 is 1. The minimum atomic E-state index is -0.421. The number of nitrogens with zero attached hydrogens (tertiary/aromatic N) is 3. The summed E-state index contributed by atoms with van der Waals surface area (Å²) in [6, 6.07) is 15.0. The standard InChI is InChI=1S/C23H24N4O4/c1-29-20-5-3-19(4-6-20)25-23(28)18(13-24)15-27-10-8-26(9-11-27)14-17-2-7-21-22(12-17)31-16-30-21/h2-7,12,15H,8-11,14,16H2,1H3,(H,25,28)/b18-15+.